The first-order chi connectivity index (χ1) is 14.6. The van der Waals surface area contributed by atoms with Crippen molar-refractivity contribution < 1.29 is 4.79 Å². The lowest BCUT2D eigenvalue weighted by molar-refractivity contribution is 0.0955. The zero-order valence-corrected chi connectivity index (χ0v) is 17.2. The van der Waals surface area contributed by atoms with Crippen LogP contribution in [-0.4, -0.2) is 22.2 Å². The minimum atomic E-state index is -0.0726. The van der Waals surface area contributed by atoms with Gasteiger partial charge in [-0.1, -0.05) is 24.3 Å². The van der Waals surface area contributed by atoms with Gasteiger partial charge in [0.1, 0.15) is 6.07 Å². The SMILES string of the molecule is Cn1ncc(-c2ccc3c(c2)C(CCN)NC3=O)c1-c1sc2ccccc2c1C#N. The normalized spacial score (nSPS) is 15.2. The van der Waals surface area contributed by atoms with Crippen LogP contribution in [0, 0.1) is 11.3 Å². The summed E-state index contributed by atoms with van der Waals surface area (Å²) < 4.78 is 2.89. The summed E-state index contributed by atoms with van der Waals surface area (Å²) in [6.45, 7) is 0.500. The summed E-state index contributed by atoms with van der Waals surface area (Å²) >= 11 is 1.60. The van der Waals surface area contributed by atoms with E-state index < -0.39 is 0 Å². The van der Waals surface area contributed by atoms with Gasteiger partial charge in [-0.2, -0.15) is 10.4 Å². The molecular formula is C23H19N5OS. The molecule has 2 aromatic heterocycles. The van der Waals surface area contributed by atoms with E-state index in [9.17, 15) is 10.1 Å². The Hall–Kier alpha value is -3.47. The molecule has 0 saturated heterocycles. The monoisotopic (exact) mass is 413 g/mol. The zero-order valence-electron chi connectivity index (χ0n) is 16.3. The van der Waals surface area contributed by atoms with Gasteiger partial charge in [-0.05, 0) is 42.3 Å². The number of aromatic nitrogens is 2. The van der Waals surface area contributed by atoms with Crippen LogP contribution < -0.4 is 11.1 Å². The summed E-state index contributed by atoms with van der Waals surface area (Å²) in [5.74, 6) is -0.0577. The second-order valence-electron chi connectivity index (χ2n) is 7.35. The summed E-state index contributed by atoms with van der Waals surface area (Å²) in [5.41, 5.74) is 10.9. The summed E-state index contributed by atoms with van der Waals surface area (Å²) in [5, 5.41) is 18.3. The number of aryl methyl sites for hydroxylation is 1. The van der Waals surface area contributed by atoms with Crippen molar-refractivity contribution in [3.63, 3.8) is 0 Å². The number of nitrogens with one attached hydrogen (secondary N) is 1. The van der Waals surface area contributed by atoms with E-state index in [2.05, 4.69) is 16.5 Å². The topological polar surface area (TPSA) is 96.7 Å². The van der Waals surface area contributed by atoms with Crippen LogP contribution in [0.2, 0.25) is 0 Å². The number of nitriles is 1. The Morgan fingerprint density at radius 2 is 2.10 bits per heavy atom. The first-order valence-corrected chi connectivity index (χ1v) is 10.5. The summed E-state index contributed by atoms with van der Waals surface area (Å²) in [6, 6.07) is 16.1. The molecule has 7 heteroatoms. The van der Waals surface area contributed by atoms with Crippen molar-refractivity contribution in [1.82, 2.24) is 15.1 Å². The van der Waals surface area contributed by atoms with Gasteiger partial charge in [0.2, 0.25) is 0 Å². The number of nitrogens with zero attached hydrogens (tertiary/aromatic N) is 3. The van der Waals surface area contributed by atoms with E-state index in [1.165, 1.54) is 0 Å². The van der Waals surface area contributed by atoms with Gasteiger partial charge in [0.05, 0.1) is 28.4 Å². The molecular weight excluding hydrogens is 394 g/mol. The highest BCUT2D eigenvalue weighted by atomic mass is 32.1. The molecule has 6 nitrogen and oxygen atoms in total. The fourth-order valence-corrected chi connectivity index (χ4v) is 5.42. The molecule has 0 spiro atoms. The van der Waals surface area contributed by atoms with Gasteiger partial charge in [-0.15, -0.1) is 11.3 Å². The smallest absolute Gasteiger partial charge is 0.252 e. The molecule has 3 N–H and O–H groups in total. The number of nitrogens with two attached hydrogens (primary N) is 1. The van der Waals surface area contributed by atoms with Gasteiger partial charge in [0.15, 0.2) is 0 Å². The Labute approximate surface area is 177 Å². The molecule has 1 aliphatic rings. The Morgan fingerprint density at radius 3 is 2.90 bits per heavy atom. The number of hydrogen-bond acceptors (Lipinski definition) is 5. The number of amides is 1. The molecule has 4 aromatic rings. The fraction of sp³-hybridized carbons (Fsp3) is 0.174. The zero-order chi connectivity index (χ0) is 20.8. The van der Waals surface area contributed by atoms with E-state index in [0.717, 1.165) is 37.3 Å². The number of benzene rings is 2. The van der Waals surface area contributed by atoms with Crippen molar-refractivity contribution in [3.05, 3.63) is 65.4 Å². The third-order valence-electron chi connectivity index (χ3n) is 5.60. The molecule has 1 amide bonds. The van der Waals surface area contributed by atoms with Crippen LogP contribution >= 0.6 is 11.3 Å². The van der Waals surface area contributed by atoms with E-state index in [1.54, 1.807) is 11.3 Å². The van der Waals surface area contributed by atoms with Crippen LogP contribution in [0.25, 0.3) is 31.8 Å². The maximum Gasteiger partial charge on any atom is 0.252 e. The third-order valence-corrected chi connectivity index (χ3v) is 6.78. The first kappa shape index (κ1) is 18.6. The summed E-state index contributed by atoms with van der Waals surface area (Å²) in [7, 11) is 1.89. The van der Waals surface area contributed by atoms with Crippen LogP contribution in [0.1, 0.15) is 33.9 Å². The molecule has 0 saturated carbocycles. The molecule has 5 rings (SSSR count). The van der Waals surface area contributed by atoms with Crippen molar-refractivity contribution in [2.75, 3.05) is 6.54 Å². The lowest BCUT2D eigenvalue weighted by atomic mass is 9.95. The second-order valence-corrected chi connectivity index (χ2v) is 8.40. The molecule has 1 aliphatic heterocycles. The molecule has 1 atom stereocenters. The van der Waals surface area contributed by atoms with Crippen molar-refractivity contribution in [3.8, 4) is 27.8 Å². The van der Waals surface area contributed by atoms with E-state index in [0.29, 0.717) is 24.1 Å². The number of thiophene rings is 1. The summed E-state index contributed by atoms with van der Waals surface area (Å²) in [6.07, 6.45) is 2.52. The molecule has 148 valence electrons. The average Bonchev–Trinajstić information content (AvgIpc) is 3.41. The Morgan fingerprint density at radius 1 is 1.27 bits per heavy atom. The van der Waals surface area contributed by atoms with Crippen molar-refractivity contribution >= 4 is 27.3 Å². The Balaban J connectivity index is 1.69. The molecule has 2 aromatic carbocycles. The van der Waals surface area contributed by atoms with Crippen molar-refractivity contribution in [2.24, 2.45) is 12.8 Å². The van der Waals surface area contributed by atoms with Gasteiger partial charge < -0.3 is 11.1 Å². The molecule has 3 heterocycles. The maximum absolute atomic E-state index is 12.3. The highest BCUT2D eigenvalue weighted by Crippen LogP contribution is 2.43. The predicted octanol–water partition coefficient (Wildman–Crippen LogP) is 3.97. The van der Waals surface area contributed by atoms with Gasteiger partial charge in [0.25, 0.3) is 5.91 Å². The summed E-state index contributed by atoms with van der Waals surface area (Å²) in [4.78, 5) is 13.2. The van der Waals surface area contributed by atoms with E-state index in [1.807, 2.05) is 60.4 Å². The van der Waals surface area contributed by atoms with Gasteiger partial charge in [0, 0.05) is 28.3 Å². The van der Waals surface area contributed by atoms with Crippen LogP contribution in [0.5, 0.6) is 0 Å². The largest absolute Gasteiger partial charge is 0.345 e. The lowest BCUT2D eigenvalue weighted by Gasteiger charge is -2.11. The average molecular weight is 414 g/mol. The molecule has 0 bridgehead atoms. The standard InChI is InChI=1S/C23H19N5OS/c1-28-21(22-17(11-25)14-4-2-3-5-20(14)30-22)18(12-26-28)13-6-7-15-16(10-13)19(8-9-24)27-23(15)29/h2-7,10,12,19H,8-9,24H2,1H3,(H,27,29). The first-order valence-electron chi connectivity index (χ1n) is 9.71. The fourth-order valence-electron chi connectivity index (χ4n) is 4.17. The van der Waals surface area contributed by atoms with Gasteiger partial charge in [-0.3, -0.25) is 9.48 Å². The predicted molar refractivity (Wildman–Crippen MR) is 118 cm³/mol. The number of carbonyl (C=O) groups is 1. The van der Waals surface area contributed by atoms with E-state index in [4.69, 9.17) is 5.73 Å². The highest BCUT2D eigenvalue weighted by molar-refractivity contribution is 7.22. The van der Waals surface area contributed by atoms with Crippen molar-refractivity contribution in [2.45, 2.75) is 12.5 Å². The minimum Gasteiger partial charge on any atom is -0.345 e. The number of carbonyl (C=O) groups excluding carboxylic acids is 1. The molecule has 0 fully saturated rings. The van der Waals surface area contributed by atoms with Gasteiger partial charge >= 0.3 is 0 Å². The minimum absolute atomic E-state index is 0.0577. The molecule has 1 unspecified atom stereocenters. The molecule has 30 heavy (non-hydrogen) atoms. The number of rotatable bonds is 4. The van der Waals surface area contributed by atoms with Gasteiger partial charge in [-0.25, -0.2) is 0 Å². The van der Waals surface area contributed by atoms with Crippen molar-refractivity contribution in [1.29, 1.82) is 5.26 Å². The second kappa shape index (κ2) is 7.10. The Kier molecular flexibility index (Phi) is 4.39. The number of fused-ring (bicyclic) bond motifs is 2. The third kappa shape index (κ3) is 2.73. The van der Waals surface area contributed by atoms with E-state index >= 15 is 0 Å². The van der Waals surface area contributed by atoms with Crippen LogP contribution in [0.3, 0.4) is 0 Å². The number of hydrogen-bond donors (Lipinski definition) is 2. The van der Waals surface area contributed by atoms with Crippen LogP contribution in [0.4, 0.5) is 0 Å². The Bertz CT molecular complexity index is 1340. The molecule has 0 aliphatic carbocycles. The highest BCUT2D eigenvalue weighted by Gasteiger charge is 2.29. The van der Waals surface area contributed by atoms with E-state index in [-0.39, 0.29) is 11.9 Å². The lowest BCUT2D eigenvalue weighted by Crippen LogP contribution is -2.21. The van der Waals surface area contributed by atoms with Crippen LogP contribution in [-0.2, 0) is 7.05 Å². The molecule has 0 radical (unpaired) electrons. The van der Waals surface area contributed by atoms with Crippen LogP contribution in [0.15, 0.2) is 48.7 Å². The quantitative estimate of drug-likeness (QED) is 0.529. The maximum atomic E-state index is 12.3.